The number of amides is 1. The number of rotatable bonds is 5. The fraction of sp³-hybridized carbons (Fsp3) is 0.571. The van der Waals surface area contributed by atoms with E-state index in [0.29, 0.717) is 12.3 Å². The van der Waals surface area contributed by atoms with Gasteiger partial charge in [0.05, 0.1) is 6.61 Å². The number of H-pyrrole nitrogens is 1. The van der Waals surface area contributed by atoms with Gasteiger partial charge in [-0.15, -0.1) is 0 Å². The molecular weight excluding hydrogens is 312 g/mol. The Labute approximate surface area is 149 Å². The number of likely N-dealkylation sites (tertiary alicyclic amines) is 1. The zero-order valence-electron chi connectivity index (χ0n) is 15.2. The second-order valence-electron chi connectivity index (χ2n) is 8.73. The van der Waals surface area contributed by atoms with Crippen LogP contribution in [-0.2, 0) is 11.2 Å². The van der Waals surface area contributed by atoms with Crippen molar-refractivity contribution in [1.82, 2.24) is 9.88 Å². The van der Waals surface area contributed by atoms with E-state index in [1.807, 2.05) is 11.0 Å². The predicted octanol–water partition coefficient (Wildman–Crippen LogP) is 3.36. The van der Waals surface area contributed by atoms with Crippen molar-refractivity contribution in [3.05, 3.63) is 36.0 Å². The molecule has 2 fully saturated rings. The Morgan fingerprint density at radius 3 is 2.88 bits per heavy atom. The molecule has 0 bridgehead atoms. The first-order valence-corrected chi connectivity index (χ1v) is 9.39. The van der Waals surface area contributed by atoms with Crippen molar-refractivity contribution in [3.63, 3.8) is 0 Å². The van der Waals surface area contributed by atoms with Crippen molar-refractivity contribution < 1.29 is 9.90 Å². The number of nitrogens with one attached hydrogen (secondary N) is 1. The number of benzene rings is 1. The van der Waals surface area contributed by atoms with Crippen LogP contribution in [0.15, 0.2) is 30.5 Å². The SMILES string of the molecule is CC1(C)C[C@]2(CO)CN(C(=O)CCCc3c[nH]c4ccccc34)C[C@H]12. The van der Waals surface area contributed by atoms with Crippen LogP contribution in [0.1, 0.15) is 38.7 Å². The lowest BCUT2D eigenvalue weighted by molar-refractivity contribution is -0.130. The molecule has 4 heteroatoms. The molecule has 2 aromatic rings. The van der Waals surface area contributed by atoms with Crippen molar-refractivity contribution in [1.29, 1.82) is 0 Å². The summed E-state index contributed by atoms with van der Waals surface area (Å²) in [4.78, 5) is 18.0. The van der Waals surface area contributed by atoms with E-state index in [-0.39, 0.29) is 23.3 Å². The molecular formula is C21H28N2O2. The van der Waals surface area contributed by atoms with E-state index in [9.17, 15) is 9.90 Å². The highest BCUT2D eigenvalue weighted by molar-refractivity contribution is 5.83. The minimum Gasteiger partial charge on any atom is -0.396 e. The van der Waals surface area contributed by atoms with Crippen molar-refractivity contribution in [2.45, 2.75) is 39.5 Å². The quantitative estimate of drug-likeness (QED) is 0.877. The number of fused-ring (bicyclic) bond motifs is 2. The Morgan fingerprint density at radius 1 is 1.36 bits per heavy atom. The Bertz CT molecular complexity index is 794. The number of nitrogens with zero attached hydrogens (tertiary/aromatic N) is 1. The summed E-state index contributed by atoms with van der Waals surface area (Å²) >= 11 is 0. The lowest BCUT2D eigenvalue weighted by atomic mass is 9.48. The van der Waals surface area contributed by atoms with Gasteiger partial charge in [0.15, 0.2) is 0 Å². The Kier molecular flexibility index (Phi) is 3.91. The summed E-state index contributed by atoms with van der Waals surface area (Å²) in [5, 5.41) is 11.1. The summed E-state index contributed by atoms with van der Waals surface area (Å²) in [7, 11) is 0. The smallest absolute Gasteiger partial charge is 0.222 e. The van der Waals surface area contributed by atoms with E-state index in [1.54, 1.807) is 0 Å². The maximum Gasteiger partial charge on any atom is 0.222 e. The summed E-state index contributed by atoms with van der Waals surface area (Å²) in [6.45, 7) is 6.29. The molecule has 2 aliphatic rings. The van der Waals surface area contributed by atoms with Gasteiger partial charge in [-0.3, -0.25) is 4.79 Å². The van der Waals surface area contributed by atoms with Gasteiger partial charge >= 0.3 is 0 Å². The molecule has 1 aromatic carbocycles. The van der Waals surface area contributed by atoms with E-state index in [1.165, 1.54) is 10.9 Å². The van der Waals surface area contributed by atoms with E-state index >= 15 is 0 Å². The Balaban J connectivity index is 1.34. The van der Waals surface area contributed by atoms with Gasteiger partial charge in [-0.1, -0.05) is 32.0 Å². The van der Waals surface area contributed by atoms with Crippen molar-refractivity contribution in [2.75, 3.05) is 19.7 Å². The van der Waals surface area contributed by atoms with Crippen LogP contribution in [0.2, 0.25) is 0 Å². The number of hydrogen-bond donors (Lipinski definition) is 2. The van der Waals surface area contributed by atoms with Crippen molar-refractivity contribution >= 4 is 16.8 Å². The highest BCUT2D eigenvalue weighted by atomic mass is 16.3. The average Bonchev–Trinajstić information content (AvgIpc) is 3.15. The van der Waals surface area contributed by atoms with Gasteiger partial charge in [-0.05, 0) is 42.2 Å². The van der Waals surface area contributed by atoms with E-state index in [2.05, 4.69) is 43.2 Å². The molecule has 1 aromatic heterocycles. The first-order valence-electron chi connectivity index (χ1n) is 9.39. The van der Waals surface area contributed by atoms with E-state index in [4.69, 9.17) is 0 Å². The number of carbonyl (C=O) groups is 1. The van der Waals surface area contributed by atoms with Gasteiger partial charge in [0.2, 0.25) is 5.91 Å². The van der Waals surface area contributed by atoms with Gasteiger partial charge in [0, 0.05) is 42.0 Å². The van der Waals surface area contributed by atoms with Gasteiger partial charge in [-0.2, -0.15) is 0 Å². The third kappa shape index (κ3) is 2.67. The van der Waals surface area contributed by atoms with Crippen LogP contribution >= 0.6 is 0 Å². The van der Waals surface area contributed by atoms with Crippen LogP contribution in [0.3, 0.4) is 0 Å². The molecule has 1 saturated carbocycles. The summed E-state index contributed by atoms with van der Waals surface area (Å²) in [6.07, 6.45) is 5.48. The zero-order chi connectivity index (χ0) is 17.7. The predicted molar refractivity (Wildman–Crippen MR) is 99.2 cm³/mol. The normalized spacial score (nSPS) is 27.3. The molecule has 134 valence electrons. The molecule has 1 saturated heterocycles. The highest BCUT2D eigenvalue weighted by Crippen LogP contribution is 2.62. The van der Waals surface area contributed by atoms with E-state index < -0.39 is 0 Å². The molecule has 4 nitrogen and oxygen atoms in total. The summed E-state index contributed by atoms with van der Waals surface area (Å²) in [6, 6.07) is 8.31. The fourth-order valence-electron chi connectivity index (χ4n) is 5.46. The average molecular weight is 340 g/mol. The van der Waals surface area contributed by atoms with Gasteiger partial charge in [0.25, 0.3) is 0 Å². The van der Waals surface area contributed by atoms with Crippen molar-refractivity contribution in [3.8, 4) is 0 Å². The van der Waals surface area contributed by atoms with Gasteiger partial charge in [-0.25, -0.2) is 0 Å². The van der Waals surface area contributed by atoms with Gasteiger partial charge < -0.3 is 15.0 Å². The summed E-state index contributed by atoms with van der Waals surface area (Å²) in [5.74, 6) is 0.695. The minimum atomic E-state index is -0.0317. The summed E-state index contributed by atoms with van der Waals surface area (Å²) < 4.78 is 0. The maximum absolute atomic E-state index is 12.7. The van der Waals surface area contributed by atoms with Crippen LogP contribution in [0.4, 0.5) is 0 Å². The maximum atomic E-state index is 12.7. The molecule has 1 aliphatic heterocycles. The topological polar surface area (TPSA) is 56.3 Å². The van der Waals surface area contributed by atoms with Crippen LogP contribution in [0.5, 0.6) is 0 Å². The van der Waals surface area contributed by atoms with Crippen LogP contribution < -0.4 is 0 Å². The molecule has 2 atom stereocenters. The molecule has 1 aliphatic carbocycles. The number of hydrogen-bond acceptors (Lipinski definition) is 2. The molecule has 2 heterocycles. The fourth-order valence-corrected chi connectivity index (χ4v) is 5.46. The summed E-state index contributed by atoms with van der Waals surface area (Å²) in [5.41, 5.74) is 2.67. The lowest BCUT2D eigenvalue weighted by Gasteiger charge is -2.55. The van der Waals surface area contributed by atoms with Crippen LogP contribution in [0.25, 0.3) is 10.9 Å². The zero-order valence-corrected chi connectivity index (χ0v) is 15.2. The van der Waals surface area contributed by atoms with E-state index in [0.717, 1.165) is 37.9 Å². The standard InChI is InChI=1S/C21H28N2O2/c1-20(2)12-21(14-24)13-23(11-18(20)21)19(25)9-5-6-15-10-22-17-8-4-3-7-16(15)17/h3-4,7-8,10,18,22,24H,5-6,9,11-14H2,1-2H3/t18-,21-/m1/s1. The van der Waals surface area contributed by atoms with Crippen molar-refractivity contribution in [2.24, 2.45) is 16.7 Å². The molecule has 25 heavy (non-hydrogen) atoms. The molecule has 1 amide bonds. The monoisotopic (exact) mass is 340 g/mol. The molecule has 0 radical (unpaired) electrons. The largest absolute Gasteiger partial charge is 0.396 e. The second kappa shape index (κ2) is 5.87. The molecule has 4 rings (SSSR count). The number of aliphatic hydroxyl groups is 1. The number of aromatic amines is 1. The minimum absolute atomic E-state index is 0.0317. The third-order valence-corrected chi connectivity index (χ3v) is 6.58. The number of para-hydroxylation sites is 1. The Hall–Kier alpha value is -1.81. The number of aliphatic hydroxyl groups excluding tert-OH is 1. The number of carbonyl (C=O) groups excluding carboxylic acids is 1. The molecule has 0 spiro atoms. The number of aromatic nitrogens is 1. The third-order valence-electron chi connectivity index (χ3n) is 6.58. The first kappa shape index (κ1) is 16.6. The first-order chi connectivity index (χ1) is 12.0. The van der Waals surface area contributed by atoms with Gasteiger partial charge in [0.1, 0.15) is 0 Å². The van der Waals surface area contributed by atoms with Crippen LogP contribution in [-0.4, -0.2) is 40.6 Å². The lowest BCUT2D eigenvalue weighted by Crippen LogP contribution is -2.54. The molecule has 0 unspecified atom stereocenters. The van der Waals surface area contributed by atoms with Crippen LogP contribution in [0, 0.1) is 16.7 Å². The second-order valence-corrected chi connectivity index (χ2v) is 8.73. The highest BCUT2D eigenvalue weighted by Gasteiger charge is 2.62. The number of aryl methyl sites for hydroxylation is 1. The molecule has 2 N–H and O–H groups in total. The Morgan fingerprint density at radius 2 is 2.16 bits per heavy atom.